The Balaban J connectivity index is 1.75. The Hall–Kier alpha value is -2.53. The topological polar surface area (TPSA) is 43.3 Å². The molecule has 0 saturated carbocycles. The second-order valence-electron chi connectivity index (χ2n) is 6.50. The summed E-state index contributed by atoms with van der Waals surface area (Å²) in [5.74, 6) is 0.797. The molecule has 0 unspecified atom stereocenters. The number of methoxy groups -OCH3 is 1. The molecule has 0 saturated heterocycles. The Morgan fingerprint density at radius 1 is 1.31 bits per heavy atom. The molecule has 1 amide bonds. The van der Waals surface area contributed by atoms with Gasteiger partial charge in [-0.25, -0.2) is 0 Å². The van der Waals surface area contributed by atoms with Crippen molar-refractivity contribution in [1.82, 2.24) is 9.88 Å². The van der Waals surface area contributed by atoms with Gasteiger partial charge in [-0.15, -0.1) is 11.3 Å². The van der Waals surface area contributed by atoms with Crippen LogP contribution in [0, 0.1) is 6.92 Å². The van der Waals surface area contributed by atoms with Crippen LogP contribution in [0.5, 0.6) is 5.75 Å². The molecule has 5 heteroatoms. The maximum absolute atomic E-state index is 12.8. The number of fused-ring (bicyclic) bond motifs is 1. The summed E-state index contributed by atoms with van der Waals surface area (Å²) in [6, 6.07) is 12.0. The molecule has 0 atom stereocenters. The monoisotopic (exact) mass is 368 g/mol. The third-order valence-corrected chi connectivity index (χ3v) is 5.23. The van der Waals surface area contributed by atoms with E-state index in [9.17, 15) is 4.79 Å². The number of hydrogen-bond donors (Lipinski definition) is 1. The Labute approximate surface area is 158 Å². The predicted molar refractivity (Wildman–Crippen MR) is 108 cm³/mol. The molecule has 136 valence electrons. The molecule has 0 aliphatic heterocycles. The number of carbonyl (C=O) groups excluding carboxylic acids is 1. The van der Waals surface area contributed by atoms with Crippen LogP contribution in [0.25, 0.3) is 10.2 Å². The summed E-state index contributed by atoms with van der Waals surface area (Å²) in [5.41, 5.74) is 3.90. The first kappa shape index (κ1) is 18.3. The zero-order chi connectivity index (χ0) is 18.7. The molecule has 0 aliphatic carbocycles. The summed E-state index contributed by atoms with van der Waals surface area (Å²) in [6.07, 6.45) is 0.727. The number of nitrogens with one attached hydrogen (secondary N) is 1. The number of amides is 1. The van der Waals surface area contributed by atoms with Crippen LogP contribution in [-0.2, 0) is 13.0 Å². The molecule has 0 radical (unpaired) electrons. The van der Waals surface area contributed by atoms with Crippen molar-refractivity contribution in [3.05, 3.63) is 64.7 Å². The number of aromatic nitrogens is 1. The first-order chi connectivity index (χ1) is 12.5. The molecule has 0 spiro atoms. The van der Waals surface area contributed by atoms with E-state index in [0.29, 0.717) is 18.8 Å². The quantitative estimate of drug-likeness (QED) is 0.621. The highest BCUT2D eigenvalue weighted by Gasteiger charge is 2.17. The molecule has 0 fully saturated rings. The van der Waals surface area contributed by atoms with Crippen molar-refractivity contribution < 1.29 is 9.53 Å². The van der Waals surface area contributed by atoms with Crippen molar-refractivity contribution in [2.75, 3.05) is 13.7 Å². The van der Waals surface area contributed by atoms with Crippen LogP contribution in [0.15, 0.2) is 48.6 Å². The number of nitrogens with zero attached hydrogens (tertiary/aromatic N) is 1. The van der Waals surface area contributed by atoms with Crippen molar-refractivity contribution in [3.63, 3.8) is 0 Å². The van der Waals surface area contributed by atoms with Gasteiger partial charge in [0.05, 0.1) is 17.3 Å². The van der Waals surface area contributed by atoms with E-state index >= 15 is 0 Å². The van der Waals surface area contributed by atoms with E-state index < -0.39 is 0 Å². The van der Waals surface area contributed by atoms with E-state index in [-0.39, 0.29) is 5.91 Å². The first-order valence-electron chi connectivity index (χ1n) is 8.63. The number of allylic oxidation sites excluding steroid dienone is 1. The van der Waals surface area contributed by atoms with Gasteiger partial charge in [-0.1, -0.05) is 30.4 Å². The van der Waals surface area contributed by atoms with Crippen LogP contribution in [-0.4, -0.2) is 24.1 Å². The van der Waals surface area contributed by atoms with Crippen LogP contribution in [0.2, 0.25) is 0 Å². The molecule has 1 aromatic carbocycles. The van der Waals surface area contributed by atoms with Gasteiger partial charge in [0.25, 0.3) is 5.91 Å². The summed E-state index contributed by atoms with van der Waals surface area (Å²) >= 11 is 1.71. The van der Waals surface area contributed by atoms with E-state index in [1.807, 2.05) is 37.3 Å². The lowest BCUT2D eigenvalue weighted by Gasteiger charge is -2.12. The molecule has 0 bridgehead atoms. The van der Waals surface area contributed by atoms with Gasteiger partial charge < -0.3 is 14.6 Å². The van der Waals surface area contributed by atoms with Gasteiger partial charge in [0.1, 0.15) is 11.4 Å². The minimum Gasteiger partial charge on any atom is -0.496 e. The SMILES string of the molecule is C=C(C)Cn1c(C(=O)NCCc2ccccc2OC)cc2sc(C)cc21. The van der Waals surface area contributed by atoms with Crippen molar-refractivity contribution >= 4 is 27.5 Å². The summed E-state index contributed by atoms with van der Waals surface area (Å²) < 4.78 is 8.56. The normalized spacial score (nSPS) is 10.9. The van der Waals surface area contributed by atoms with Gasteiger partial charge in [0, 0.05) is 18.0 Å². The van der Waals surface area contributed by atoms with Crippen molar-refractivity contribution in [3.8, 4) is 5.75 Å². The number of ether oxygens (including phenoxy) is 1. The fourth-order valence-corrected chi connectivity index (χ4v) is 4.07. The number of para-hydroxylation sites is 1. The van der Waals surface area contributed by atoms with Crippen LogP contribution < -0.4 is 10.1 Å². The van der Waals surface area contributed by atoms with Gasteiger partial charge >= 0.3 is 0 Å². The molecule has 1 N–H and O–H groups in total. The molecule has 2 heterocycles. The number of hydrogen-bond acceptors (Lipinski definition) is 3. The third kappa shape index (κ3) is 3.83. The minimum atomic E-state index is -0.0535. The maximum atomic E-state index is 12.8. The fourth-order valence-electron chi connectivity index (χ4n) is 3.10. The highest BCUT2D eigenvalue weighted by Crippen LogP contribution is 2.29. The largest absolute Gasteiger partial charge is 0.496 e. The molecule has 3 aromatic rings. The average Bonchev–Trinajstić information content (AvgIpc) is 3.12. The average molecular weight is 369 g/mol. The molecule has 2 aromatic heterocycles. The highest BCUT2D eigenvalue weighted by atomic mass is 32.1. The van der Waals surface area contributed by atoms with E-state index in [0.717, 1.165) is 33.5 Å². The van der Waals surface area contributed by atoms with Crippen molar-refractivity contribution in [1.29, 1.82) is 0 Å². The summed E-state index contributed by atoms with van der Waals surface area (Å²) in [5, 5.41) is 3.04. The van der Waals surface area contributed by atoms with Crippen LogP contribution in [0.3, 0.4) is 0 Å². The highest BCUT2D eigenvalue weighted by molar-refractivity contribution is 7.19. The van der Waals surface area contributed by atoms with Crippen molar-refractivity contribution in [2.24, 2.45) is 0 Å². The van der Waals surface area contributed by atoms with Gasteiger partial charge in [-0.3, -0.25) is 4.79 Å². The summed E-state index contributed by atoms with van der Waals surface area (Å²) in [7, 11) is 1.66. The zero-order valence-corrected chi connectivity index (χ0v) is 16.3. The molecule has 26 heavy (non-hydrogen) atoms. The number of rotatable bonds is 7. The Morgan fingerprint density at radius 2 is 2.08 bits per heavy atom. The number of carbonyl (C=O) groups is 1. The van der Waals surface area contributed by atoms with Crippen LogP contribution in [0.1, 0.15) is 27.9 Å². The lowest BCUT2D eigenvalue weighted by atomic mass is 10.1. The molecule has 3 rings (SSSR count). The predicted octanol–water partition coefficient (Wildman–Crippen LogP) is 4.57. The minimum absolute atomic E-state index is 0.0535. The zero-order valence-electron chi connectivity index (χ0n) is 15.5. The van der Waals surface area contributed by atoms with Gasteiger partial charge in [-0.2, -0.15) is 0 Å². The van der Waals surface area contributed by atoms with E-state index in [1.54, 1.807) is 18.4 Å². The molecule has 0 aliphatic rings. The summed E-state index contributed by atoms with van der Waals surface area (Å²) in [6.45, 7) is 9.28. The lowest BCUT2D eigenvalue weighted by Crippen LogP contribution is -2.28. The molecular weight excluding hydrogens is 344 g/mol. The Kier molecular flexibility index (Phi) is 5.47. The summed E-state index contributed by atoms with van der Waals surface area (Å²) in [4.78, 5) is 14.0. The van der Waals surface area contributed by atoms with E-state index in [4.69, 9.17) is 4.74 Å². The van der Waals surface area contributed by atoms with Gasteiger partial charge in [0.15, 0.2) is 0 Å². The maximum Gasteiger partial charge on any atom is 0.267 e. The molecule has 4 nitrogen and oxygen atoms in total. The fraction of sp³-hybridized carbons (Fsp3) is 0.286. The van der Waals surface area contributed by atoms with Gasteiger partial charge in [-0.05, 0) is 44.0 Å². The second kappa shape index (κ2) is 7.79. The first-order valence-corrected chi connectivity index (χ1v) is 9.45. The Bertz CT molecular complexity index is 952. The van der Waals surface area contributed by atoms with Gasteiger partial charge in [0.2, 0.25) is 0 Å². The number of thiophene rings is 1. The number of aryl methyl sites for hydroxylation is 1. The van der Waals surface area contributed by atoms with Crippen LogP contribution >= 0.6 is 11.3 Å². The number of benzene rings is 1. The smallest absolute Gasteiger partial charge is 0.267 e. The Morgan fingerprint density at radius 3 is 2.81 bits per heavy atom. The lowest BCUT2D eigenvalue weighted by molar-refractivity contribution is 0.0945. The van der Waals surface area contributed by atoms with Crippen molar-refractivity contribution in [2.45, 2.75) is 26.8 Å². The second-order valence-corrected chi connectivity index (χ2v) is 7.79. The van der Waals surface area contributed by atoms with E-state index in [1.165, 1.54) is 4.88 Å². The molecular formula is C21H24N2O2S. The van der Waals surface area contributed by atoms with E-state index in [2.05, 4.69) is 29.5 Å². The third-order valence-electron chi connectivity index (χ3n) is 4.25. The van der Waals surface area contributed by atoms with Crippen LogP contribution in [0.4, 0.5) is 0 Å². The standard InChI is InChI=1S/C21H24N2O2S/c1-14(2)13-23-17-11-15(3)26-20(17)12-18(23)21(24)22-10-9-16-7-5-6-8-19(16)25-4/h5-8,11-12H,1,9-10,13H2,2-4H3,(H,22,24).